The van der Waals surface area contributed by atoms with E-state index in [1.807, 2.05) is 55.5 Å². The molecule has 0 spiro atoms. The molecule has 1 aromatic carbocycles. The largest absolute Gasteiger partial charge is 0.395 e. The summed E-state index contributed by atoms with van der Waals surface area (Å²) in [5, 5.41) is 8.88. The van der Waals surface area contributed by atoms with Crippen LogP contribution in [0.1, 0.15) is 54.9 Å². The van der Waals surface area contributed by atoms with Crippen molar-refractivity contribution in [3.8, 4) is 0 Å². The highest BCUT2D eigenvalue weighted by atomic mass is 16.6. The maximum atomic E-state index is 5.79. The quantitative estimate of drug-likeness (QED) is 0.349. The fourth-order valence-corrected chi connectivity index (χ4v) is 3.64. The molecule has 2 heterocycles. The molecule has 0 unspecified atom stereocenters. The molecule has 0 fully saturated rings. The van der Waals surface area contributed by atoms with Crippen LogP contribution in [0.3, 0.4) is 0 Å². The molecular formula is C27H30N4O2. The van der Waals surface area contributed by atoms with Gasteiger partial charge in [0.2, 0.25) is 0 Å². The molecule has 0 bridgehead atoms. The smallest absolute Gasteiger partial charge is 0.135 e. The van der Waals surface area contributed by atoms with Crippen LogP contribution in [0.25, 0.3) is 0 Å². The molecule has 0 atom stereocenters. The molecule has 0 amide bonds. The van der Waals surface area contributed by atoms with E-state index in [1.54, 1.807) is 6.20 Å². The molecule has 33 heavy (non-hydrogen) atoms. The van der Waals surface area contributed by atoms with Crippen LogP contribution >= 0.6 is 0 Å². The van der Waals surface area contributed by atoms with Gasteiger partial charge >= 0.3 is 0 Å². The van der Waals surface area contributed by atoms with E-state index in [0.29, 0.717) is 18.9 Å². The van der Waals surface area contributed by atoms with Gasteiger partial charge in [-0.05, 0) is 49.9 Å². The van der Waals surface area contributed by atoms with E-state index >= 15 is 0 Å². The van der Waals surface area contributed by atoms with Gasteiger partial charge in [0.15, 0.2) is 0 Å². The topological polar surface area (TPSA) is 69.0 Å². The third kappa shape index (κ3) is 6.04. The minimum atomic E-state index is -0.281. The SMILES string of the molecule is Cc1ccc2c(n1)/C(=N/OCC(C)(C)CO/N=C(/c1ccccc1)c1ccccn1)CCC2. The molecule has 0 saturated heterocycles. The number of aromatic nitrogens is 2. The summed E-state index contributed by atoms with van der Waals surface area (Å²) in [5.41, 5.74) is 6.29. The summed E-state index contributed by atoms with van der Waals surface area (Å²) in [6.07, 6.45) is 4.75. The van der Waals surface area contributed by atoms with Crippen LogP contribution in [-0.4, -0.2) is 34.6 Å². The molecule has 170 valence electrons. The van der Waals surface area contributed by atoms with Crippen LogP contribution in [-0.2, 0) is 16.1 Å². The molecular weight excluding hydrogens is 412 g/mol. The van der Waals surface area contributed by atoms with Crippen LogP contribution in [0.15, 0.2) is 77.2 Å². The first-order valence-electron chi connectivity index (χ1n) is 11.3. The van der Waals surface area contributed by atoms with Crippen molar-refractivity contribution in [2.75, 3.05) is 13.2 Å². The summed E-state index contributed by atoms with van der Waals surface area (Å²) in [4.78, 5) is 20.7. The maximum Gasteiger partial charge on any atom is 0.135 e. The van der Waals surface area contributed by atoms with E-state index in [1.165, 1.54) is 5.56 Å². The van der Waals surface area contributed by atoms with Crippen molar-refractivity contribution in [1.29, 1.82) is 0 Å². The Balaban J connectivity index is 1.40. The number of rotatable bonds is 8. The van der Waals surface area contributed by atoms with Crippen molar-refractivity contribution in [2.24, 2.45) is 15.7 Å². The fraction of sp³-hybridized carbons (Fsp3) is 0.333. The second-order valence-corrected chi connectivity index (χ2v) is 9.08. The second kappa shape index (κ2) is 10.4. The number of hydrogen-bond donors (Lipinski definition) is 0. The van der Waals surface area contributed by atoms with Gasteiger partial charge in [0.25, 0.3) is 0 Å². The van der Waals surface area contributed by atoms with Crippen molar-refractivity contribution in [3.63, 3.8) is 0 Å². The number of nitrogens with zero attached hydrogens (tertiary/aromatic N) is 4. The van der Waals surface area contributed by atoms with Gasteiger partial charge in [-0.1, -0.05) is 66.6 Å². The number of hydrogen-bond acceptors (Lipinski definition) is 6. The van der Waals surface area contributed by atoms with Crippen LogP contribution < -0.4 is 0 Å². The Morgan fingerprint density at radius 3 is 2.52 bits per heavy atom. The van der Waals surface area contributed by atoms with Crippen molar-refractivity contribution in [2.45, 2.75) is 40.0 Å². The fourth-order valence-electron chi connectivity index (χ4n) is 3.64. The summed E-state index contributed by atoms with van der Waals surface area (Å²) in [7, 11) is 0. The van der Waals surface area contributed by atoms with E-state index in [9.17, 15) is 0 Å². The highest BCUT2D eigenvalue weighted by Gasteiger charge is 2.22. The molecule has 1 aliphatic carbocycles. The van der Waals surface area contributed by atoms with Crippen LogP contribution in [0, 0.1) is 12.3 Å². The zero-order valence-electron chi connectivity index (χ0n) is 19.5. The standard InChI is InChI=1S/C27H30N4O2/c1-20-15-16-22-12-9-14-24(25(22)29-20)30-32-18-27(2,3)19-33-31-26(21-10-5-4-6-11-21)23-13-7-8-17-28-23/h4-8,10-11,13,15-17H,9,12,14,18-19H2,1-3H3/b30-24+,31-26-. The van der Waals surface area contributed by atoms with Crippen molar-refractivity contribution in [1.82, 2.24) is 9.97 Å². The average molecular weight is 443 g/mol. The Bertz CT molecular complexity index is 1080. The summed E-state index contributed by atoms with van der Waals surface area (Å²) >= 11 is 0. The molecule has 0 N–H and O–H groups in total. The Labute approximate surface area is 195 Å². The first kappa shape index (κ1) is 22.6. The van der Waals surface area contributed by atoms with Gasteiger partial charge < -0.3 is 9.68 Å². The van der Waals surface area contributed by atoms with Gasteiger partial charge in [0.1, 0.15) is 24.6 Å². The molecule has 4 rings (SSSR count). The summed E-state index contributed by atoms with van der Waals surface area (Å²) < 4.78 is 0. The van der Waals surface area contributed by atoms with Crippen molar-refractivity contribution >= 4 is 11.4 Å². The molecule has 2 aromatic heterocycles. The lowest BCUT2D eigenvalue weighted by Gasteiger charge is -2.22. The van der Waals surface area contributed by atoms with Gasteiger partial charge in [-0.25, -0.2) is 0 Å². The average Bonchev–Trinajstić information content (AvgIpc) is 2.83. The first-order chi connectivity index (χ1) is 16.0. The first-order valence-corrected chi connectivity index (χ1v) is 11.3. The van der Waals surface area contributed by atoms with Crippen molar-refractivity contribution in [3.05, 3.63) is 95.1 Å². The molecule has 6 heteroatoms. The lowest BCUT2D eigenvalue weighted by atomic mass is 9.94. The van der Waals surface area contributed by atoms with Gasteiger partial charge in [-0.3, -0.25) is 9.97 Å². The Morgan fingerprint density at radius 1 is 0.939 bits per heavy atom. The monoisotopic (exact) mass is 442 g/mol. The van der Waals surface area contributed by atoms with E-state index in [4.69, 9.17) is 9.68 Å². The molecule has 0 saturated carbocycles. The Kier molecular flexibility index (Phi) is 7.13. The molecule has 6 nitrogen and oxygen atoms in total. The number of oxime groups is 2. The third-order valence-electron chi connectivity index (χ3n) is 5.45. The maximum absolute atomic E-state index is 5.79. The molecule has 3 aromatic rings. The van der Waals surface area contributed by atoms with Gasteiger partial charge in [0, 0.05) is 22.9 Å². The van der Waals surface area contributed by atoms with E-state index in [2.05, 4.69) is 46.3 Å². The predicted molar refractivity (Wildman–Crippen MR) is 130 cm³/mol. The van der Waals surface area contributed by atoms with E-state index in [0.717, 1.165) is 47.6 Å². The Morgan fingerprint density at radius 2 is 1.73 bits per heavy atom. The number of benzene rings is 1. The molecule has 0 radical (unpaired) electrons. The Hall–Kier alpha value is -3.54. The minimum absolute atomic E-state index is 0.281. The lowest BCUT2D eigenvalue weighted by molar-refractivity contribution is -0.0000655. The summed E-state index contributed by atoms with van der Waals surface area (Å²) in [6.45, 7) is 6.95. The number of fused-ring (bicyclic) bond motifs is 1. The van der Waals surface area contributed by atoms with Crippen molar-refractivity contribution < 1.29 is 9.68 Å². The number of pyridine rings is 2. The zero-order valence-corrected chi connectivity index (χ0v) is 19.5. The van der Waals surface area contributed by atoms with E-state index in [-0.39, 0.29) is 5.41 Å². The van der Waals surface area contributed by atoms with Crippen LogP contribution in [0.2, 0.25) is 0 Å². The number of aryl methyl sites for hydroxylation is 2. The summed E-state index contributed by atoms with van der Waals surface area (Å²) in [5.74, 6) is 0. The third-order valence-corrected chi connectivity index (χ3v) is 5.45. The zero-order chi connectivity index (χ0) is 23.1. The lowest BCUT2D eigenvalue weighted by Crippen LogP contribution is -2.25. The second-order valence-electron chi connectivity index (χ2n) is 9.08. The van der Waals surface area contributed by atoms with E-state index < -0.39 is 0 Å². The van der Waals surface area contributed by atoms with Gasteiger partial charge in [-0.15, -0.1) is 0 Å². The molecule has 0 aliphatic heterocycles. The van der Waals surface area contributed by atoms with Crippen LogP contribution in [0.4, 0.5) is 0 Å². The normalized spacial score (nSPS) is 15.2. The summed E-state index contributed by atoms with van der Waals surface area (Å²) in [6, 6.07) is 19.9. The molecule has 1 aliphatic rings. The van der Waals surface area contributed by atoms with Gasteiger partial charge in [-0.2, -0.15) is 0 Å². The highest BCUT2D eigenvalue weighted by molar-refractivity contribution is 6.11. The highest BCUT2D eigenvalue weighted by Crippen LogP contribution is 2.22. The van der Waals surface area contributed by atoms with Gasteiger partial charge in [0.05, 0.1) is 11.4 Å². The minimum Gasteiger partial charge on any atom is -0.395 e. The van der Waals surface area contributed by atoms with Crippen LogP contribution in [0.5, 0.6) is 0 Å². The predicted octanol–water partition coefficient (Wildman–Crippen LogP) is 5.34.